The Bertz CT molecular complexity index is 1390. The van der Waals surface area contributed by atoms with Crippen LogP contribution in [0.4, 0.5) is 35.3 Å². The molecular formula is C23H19F3N6O3. The van der Waals surface area contributed by atoms with Crippen LogP contribution in [-0.4, -0.2) is 33.9 Å². The maximum Gasteiger partial charge on any atom is 0.416 e. The molecule has 180 valence electrons. The van der Waals surface area contributed by atoms with Crippen LogP contribution in [0.1, 0.15) is 12.5 Å². The Morgan fingerprint density at radius 2 is 1.80 bits per heavy atom. The number of fused-ring (bicyclic) bond motifs is 1. The van der Waals surface area contributed by atoms with E-state index in [1.807, 2.05) is 0 Å². The third kappa shape index (κ3) is 5.66. The molecule has 4 rings (SSSR count). The molecule has 0 saturated heterocycles. The molecule has 0 aliphatic carbocycles. The summed E-state index contributed by atoms with van der Waals surface area (Å²) in [4.78, 5) is 36.6. The topological polar surface area (TPSA) is 112 Å². The summed E-state index contributed by atoms with van der Waals surface area (Å²) in [6.45, 7) is 1.43. The summed E-state index contributed by atoms with van der Waals surface area (Å²) < 4.78 is 44.2. The molecule has 12 heteroatoms. The van der Waals surface area contributed by atoms with E-state index >= 15 is 0 Å². The number of H-pyrrole nitrogens is 1. The van der Waals surface area contributed by atoms with Crippen LogP contribution in [0.2, 0.25) is 0 Å². The van der Waals surface area contributed by atoms with Gasteiger partial charge in [-0.05, 0) is 36.4 Å². The van der Waals surface area contributed by atoms with Gasteiger partial charge in [0.05, 0.1) is 28.5 Å². The summed E-state index contributed by atoms with van der Waals surface area (Å²) in [5, 5.41) is 4.84. The number of urea groups is 1. The molecule has 3 N–H and O–H groups in total. The Morgan fingerprint density at radius 3 is 2.49 bits per heavy atom. The summed E-state index contributed by atoms with van der Waals surface area (Å²) in [7, 11) is 1.61. The number of halogens is 3. The number of rotatable bonds is 5. The van der Waals surface area contributed by atoms with Gasteiger partial charge >= 0.3 is 12.2 Å². The largest absolute Gasteiger partial charge is 0.439 e. The second kappa shape index (κ2) is 9.33. The van der Waals surface area contributed by atoms with Crippen LogP contribution in [0.15, 0.2) is 60.8 Å². The van der Waals surface area contributed by atoms with Crippen LogP contribution in [0.3, 0.4) is 0 Å². The van der Waals surface area contributed by atoms with E-state index in [-0.39, 0.29) is 17.5 Å². The number of aromatic amines is 1. The van der Waals surface area contributed by atoms with Crippen molar-refractivity contribution in [1.29, 1.82) is 0 Å². The Morgan fingerprint density at radius 1 is 1.03 bits per heavy atom. The minimum Gasteiger partial charge on any atom is -0.439 e. The van der Waals surface area contributed by atoms with Gasteiger partial charge in [0.25, 0.3) is 0 Å². The van der Waals surface area contributed by atoms with Crippen molar-refractivity contribution in [3.05, 3.63) is 66.4 Å². The summed E-state index contributed by atoms with van der Waals surface area (Å²) in [6.07, 6.45) is -3.17. The molecule has 3 amide bonds. The number of carbonyl (C=O) groups is 2. The molecule has 0 fully saturated rings. The number of hydrogen-bond acceptors (Lipinski definition) is 5. The van der Waals surface area contributed by atoms with Gasteiger partial charge in [0.2, 0.25) is 17.7 Å². The molecule has 2 heterocycles. The first kappa shape index (κ1) is 23.5. The molecule has 0 spiro atoms. The fourth-order valence-electron chi connectivity index (χ4n) is 3.05. The molecule has 0 unspecified atom stereocenters. The fraction of sp³-hybridized carbons (Fsp3) is 0.130. The van der Waals surface area contributed by atoms with Crippen molar-refractivity contribution < 1.29 is 27.5 Å². The van der Waals surface area contributed by atoms with Crippen molar-refractivity contribution in [2.45, 2.75) is 13.1 Å². The van der Waals surface area contributed by atoms with E-state index in [1.165, 1.54) is 42.3 Å². The minimum atomic E-state index is -4.51. The van der Waals surface area contributed by atoms with Crippen LogP contribution in [0.5, 0.6) is 11.6 Å². The van der Waals surface area contributed by atoms with Crippen LogP contribution in [0, 0.1) is 0 Å². The monoisotopic (exact) mass is 484 g/mol. The maximum atomic E-state index is 12.8. The molecule has 4 aromatic rings. The number of benzene rings is 2. The van der Waals surface area contributed by atoms with Gasteiger partial charge in [-0.15, -0.1) is 0 Å². The Labute approximate surface area is 196 Å². The minimum absolute atomic E-state index is 0.00269. The lowest BCUT2D eigenvalue weighted by molar-refractivity contribution is -0.137. The average Bonchev–Trinajstić information content (AvgIpc) is 3.22. The highest BCUT2D eigenvalue weighted by atomic mass is 19.4. The summed E-state index contributed by atoms with van der Waals surface area (Å²) in [5.41, 5.74) is 0.753. The van der Waals surface area contributed by atoms with Gasteiger partial charge in [-0.2, -0.15) is 13.2 Å². The Hall–Kier alpha value is -4.61. The highest BCUT2D eigenvalue weighted by Gasteiger charge is 2.30. The SMILES string of the molecule is CC(=O)N(C)c1nc2ccc(Oc3ccc(NC(=O)Nc4cccc(C(F)(F)F)c4)cn3)cc2[nH]1. The summed E-state index contributed by atoms with van der Waals surface area (Å²) >= 11 is 0. The number of hydrogen-bond donors (Lipinski definition) is 3. The first-order valence-electron chi connectivity index (χ1n) is 10.2. The van der Waals surface area contributed by atoms with E-state index in [4.69, 9.17) is 4.74 Å². The van der Waals surface area contributed by atoms with Crippen LogP contribution in [-0.2, 0) is 11.0 Å². The molecule has 35 heavy (non-hydrogen) atoms. The Kier molecular flexibility index (Phi) is 6.28. The van der Waals surface area contributed by atoms with Crippen molar-refractivity contribution in [3.8, 4) is 11.6 Å². The van der Waals surface area contributed by atoms with E-state index in [1.54, 1.807) is 25.2 Å². The molecule has 0 aliphatic rings. The number of amides is 3. The van der Waals surface area contributed by atoms with Crippen molar-refractivity contribution in [3.63, 3.8) is 0 Å². The van der Waals surface area contributed by atoms with Crippen LogP contribution in [0.25, 0.3) is 11.0 Å². The number of anilines is 3. The highest BCUT2D eigenvalue weighted by Crippen LogP contribution is 2.31. The zero-order valence-electron chi connectivity index (χ0n) is 18.5. The lowest BCUT2D eigenvalue weighted by atomic mass is 10.2. The standard InChI is InChI=1S/C23H19F3N6O3/c1-13(33)32(2)21-30-18-8-7-17(11-19(18)31-21)35-20-9-6-16(12-27-20)29-22(34)28-15-5-3-4-14(10-15)23(24,25)26/h3-12H,1-2H3,(H,30,31)(H2,28,29,34). The third-order valence-corrected chi connectivity index (χ3v) is 4.90. The molecule has 2 aromatic heterocycles. The van der Waals surface area contributed by atoms with E-state index in [0.29, 0.717) is 28.4 Å². The number of nitrogens with zero attached hydrogens (tertiary/aromatic N) is 3. The van der Waals surface area contributed by atoms with Crippen molar-refractivity contribution in [1.82, 2.24) is 15.0 Å². The van der Waals surface area contributed by atoms with Crippen LogP contribution >= 0.6 is 0 Å². The van der Waals surface area contributed by atoms with E-state index in [2.05, 4.69) is 25.6 Å². The predicted octanol–water partition coefficient (Wildman–Crippen LogP) is 5.40. The number of carbonyl (C=O) groups excluding carboxylic acids is 2. The van der Waals surface area contributed by atoms with Gasteiger partial charge in [0.1, 0.15) is 5.75 Å². The van der Waals surface area contributed by atoms with Gasteiger partial charge in [-0.3, -0.25) is 9.69 Å². The molecular weight excluding hydrogens is 465 g/mol. The van der Waals surface area contributed by atoms with E-state index in [9.17, 15) is 22.8 Å². The number of ether oxygens (including phenoxy) is 1. The molecule has 0 saturated carbocycles. The Balaban J connectivity index is 1.39. The number of pyridine rings is 1. The van der Waals surface area contributed by atoms with E-state index in [0.717, 1.165) is 12.1 Å². The molecule has 0 bridgehead atoms. The predicted molar refractivity (Wildman–Crippen MR) is 124 cm³/mol. The molecule has 0 radical (unpaired) electrons. The van der Waals surface area contributed by atoms with Crippen molar-refractivity contribution >= 4 is 40.3 Å². The lowest BCUT2D eigenvalue weighted by Crippen LogP contribution is -2.23. The van der Waals surface area contributed by atoms with Crippen molar-refractivity contribution in [2.75, 3.05) is 22.6 Å². The first-order valence-corrected chi connectivity index (χ1v) is 10.2. The average molecular weight is 484 g/mol. The van der Waals surface area contributed by atoms with Gasteiger partial charge in [-0.1, -0.05) is 6.07 Å². The first-order chi connectivity index (χ1) is 16.6. The quantitative estimate of drug-likeness (QED) is 0.351. The number of imidazole rings is 1. The van der Waals surface area contributed by atoms with E-state index < -0.39 is 17.8 Å². The number of nitrogens with one attached hydrogen (secondary N) is 3. The fourth-order valence-corrected chi connectivity index (χ4v) is 3.05. The maximum absolute atomic E-state index is 12.8. The third-order valence-electron chi connectivity index (χ3n) is 4.90. The second-order valence-corrected chi connectivity index (χ2v) is 7.46. The lowest BCUT2D eigenvalue weighted by Gasteiger charge is -2.11. The number of aromatic nitrogens is 3. The van der Waals surface area contributed by atoms with Crippen LogP contribution < -0.4 is 20.3 Å². The molecule has 0 aliphatic heterocycles. The smallest absolute Gasteiger partial charge is 0.416 e. The normalized spacial score (nSPS) is 11.2. The molecule has 9 nitrogen and oxygen atoms in total. The molecule has 2 aromatic carbocycles. The summed E-state index contributed by atoms with van der Waals surface area (Å²) in [5.74, 6) is 0.950. The zero-order chi connectivity index (χ0) is 25.2. The van der Waals surface area contributed by atoms with Gasteiger partial charge in [-0.25, -0.2) is 14.8 Å². The van der Waals surface area contributed by atoms with Gasteiger partial charge < -0.3 is 20.4 Å². The van der Waals surface area contributed by atoms with Gasteiger partial charge in [0, 0.05) is 31.8 Å². The highest BCUT2D eigenvalue weighted by molar-refractivity contribution is 5.99. The molecule has 0 atom stereocenters. The van der Waals surface area contributed by atoms with Crippen molar-refractivity contribution in [2.24, 2.45) is 0 Å². The second-order valence-electron chi connectivity index (χ2n) is 7.46. The zero-order valence-corrected chi connectivity index (χ0v) is 18.5. The van der Waals surface area contributed by atoms with Gasteiger partial charge in [0.15, 0.2) is 0 Å². The summed E-state index contributed by atoms with van der Waals surface area (Å²) in [6, 6.07) is 11.8. The number of alkyl halides is 3.